The number of halogens is 1. The summed E-state index contributed by atoms with van der Waals surface area (Å²) in [6.07, 6.45) is 0.631. The topological polar surface area (TPSA) is 76.1 Å². The largest absolute Gasteiger partial charge is 0.458 e. The summed E-state index contributed by atoms with van der Waals surface area (Å²) in [7, 11) is 0. The maximum atomic E-state index is 12.0. The van der Waals surface area contributed by atoms with Crippen molar-refractivity contribution in [3.05, 3.63) is 45.9 Å². The van der Waals surface area contributed by atoms with Crippen LogP contribution in [0.1, 0.15) is 23.7 Å². The van der Waals surface area contributed by atoms with Crippen LogP contribution in [0, 0.1) is 0 Å². The van der Waals surface area contributed by atoms with Gasteiger partial charge in [0, 0.05) is 17.6 Å². The van der Waals surface area contributed by atoms with Crippen LogP contribution in [-0.4, -0.2) is 21.6 Å². The molecule has 8 heteroatoms. The molecule has 2 unspecified atom stereocenters. The van der Waals surface area contributed by atoms with Gasteiger partial charge >= 0.3 is 5.97 Å². The third-order valence-corrected chi connectivity index (χ3v) is 4.23. The molecule has 2 atom stereocenters. The summed E-state index contributed by atoms with van der Waals surface area (Å²) in [4.78, 5) is 12.0. The number of carbonyl (C=O) groups is 1. The lowest BCUT2D eigenvalue weighted by molar-refractivity contribution is -0.147. The molecule has 1 aromatic heterocycles. The molecular weight excluding hydrogens is 312 g/mol. The third-order valence-electron chi connectivity index (χ3n) is 3.25. The van der Waals surface area contributed by atoms with Crippen LogP contribution in [0.25, 0.3) is 0 Å². The molecule has 2 heterocycles. The van der Waals surface area contributed by atoms with E-state index in [1.54, 1.807) is 0 Å². The van der Waals surface area contributed by atoms with Crippen LogP contribution in [0.2, 0.25) is 4.34 Å². The number of nitrogens with one attached hydrogen (secondary N) is 2. The number of hydrogen-bond donors (Lipinski definition) is 2. The van der Waals surface area contributed by atoms with E-state index in [1.165, 1.54) is 0 Å². The van der Waals surface area contributed by atoms with Crippen LogP contribution in [0.3, 0.4) is 0 Å². The Morgan fingerprint density at radius 3 is 2.90 bits per heavy atom. The van der Waals surface area contributed by atoms with E-state index >= 15 is 0 Å². The van der Waals surface area contributed by atoms with Gasteiger partial charge in [0.05, 0.1) is 0 Å². The highest BCUT2D eigenvalue weighted by Gasteiger charge is 2.31. The molecular formula is C13H13ClN4O2S. The third kappa shape index (κ3) is 3.38. The predicted octanol–water partition coefficient (Wildman–Crippen LogP) is 1.84. The summed E-state index contributed by atoms with van der Waals surface area (Å²) in [5.74, 6) is -0.329. The van der Waals surface area contributed by atoms with E-state index in [9.17, 15) is 4.79 Å². The molecule has 1 aromatic carbocycles. The quantitative estimate of drug-likeness (QED) is 0.836. The van der Waals surface area contributed by atoms with Crippen molar-refractivity contribution >= 4 is 29.1 Å². The highest BCUT2D eigenvalue weighted by atomic mass is 35.5. The zero-order chi connectivity index (χ0) is 14.7. The second kappa shape index (κ2) is 6.48. The summed E-state index contributed by atoms with van der Waals surface area (Å²) in [6, 6.07) is 9.65. The maximum Gasteiger partial charge on any atom is 0.324 e. The molecule has 1 aliphatic rings. The number of ether oxygens (including phenoxy) is 1. The summed E-state index contributed by atoms with van der Waals surface area (Å²) in [5, 5.41) is 3.80. The first-order valence-corrected chi connectivity index (χ1v) is 7.58. The summed E-state index contributed by atoms with van der Waals surface area (Å²) >= 11 is 6.93. The first-order chi connectivity index (χ1) is 10.2. The van der Waals surface area contributed by atoms with Crippen LogP contribution in [0.4, 0.5) is 0 Å². The Hall–Kier alpha value is -1.54. The Morgan fingerprint density at radius 1 is 1.38 bits per heavy atom. The number of rotatable bonds is 4. The van der Waals surface area contributed by atoms with E-state index in [0.29, 0.717) is 16.5 Å². The Labute approximate surface area is 130 Å². The van der Waals surface area contributed by atoms with Crippen LogP contribution < -0.4 is 10.9 Å². The number of benzene rings is 1. The Bertz CT molecular complexity index is 622. The van der Waals surface area contributed by atoms with Gasteiger partial charge in [-0.3, -0.25) is 4.79 Å². The SMILES string of the molecule is O=C(OCc1nnsc1Cl)C1CC(c2ccccc2)NN1. The Kier molecular flexibility index (Phi) is 4.45. The lowest BCUT2D eigenvalue weighted by atomic mass is 10.0. The number of hydrogen-bond acceptors (Lipinski definition) is 7. The van der Waals surface area contributed by atoms with Gasteiger partial charge in [-0.2, -0.15) is 0 Å². The van der Waals surface area contributed by atoms with E-state index in [-0.39, 0.29) is 24.7 Å². The van der Waals surface area contributed by atoms with E-state index in [4.69, 9.17) is 16.3 Å². The smallest absolute Gasteiger partial charge is 0.324 e. The van der Waals surface area contributed by atoms with Crippen molar-refractivity contribution in [3.63, 3.8) is 0 Å². The van der Waals surface area contributed by atoms with Gasteiger partial charge in [-0.1, -0.05) is 46.4 Å². The number of carbonyl (C=O) groups excluding carboxylic acids is 1. The standard InChI is InChI=1S/C13H13ClN4O2S/c14-12-11(17-18-21-12)7-20-13(19)10-6-9(15-16-10)8-4-2-1-3-5-8/h1-5,9-10,15-16H,6-7H2. The lowest BCUT2D eigenvalue weighted by Crippen LogP contribution is -2.37. The molecule has 1 aliphatic heterocycles. The molecule has 0 aliphatic carbocycles. The molecule has 2 aromatic rings. The van der Waals surface area contributed by atoms with Gasteiger partial charge in [-0.05, 0) is 12.0 Å². The fraction of sp³-hybridized carbons (Fsp3) is 0.308. The van der Waals surface area contributed by atoms with Gasteiger partial charge < -0.3 is 4.74 Å². The molecule has 0 saturated carbocycles. The van der Waals surface area contributed by atoms with Gasteiger partial charge in [-0.15, -0.1) is 5.10 Å². The van der Waals surface area contributed by atoms with E-state index in [0.717, 1.165) is 17.1 Å². The molecule has 0 amide bonds. The van der Waals surface area contributed by atoms with Crippen LogP contribution in [-0.2, 0) is 16.1 Å². The number of nitrogens with zero attached hydrogens (tertiary/aromatic N) is 2. The van der Waals surface area contributed by atoms with Crippen molar-refractivity contribution in [1.29, 1.82) is 0 Å². The van der Waals surface area contributed by atoms with E-state index in [1.807, 2.05) is 30.3 Å². The average molecular weight is 325 g/mol. The molecule has 21 heavy (non-hydrogen) atoms. The fourth-order valence-electron chi connectivity index (χ4n) is 2.14. The Morgan fingerprint density at radius 2 is 2.19 bits per heavy atom. The highest BCUT2D eigenvalue weighted by Crippen LogP contribution is 2.23. The Balaban J connectivity index is 1.54. The highest BCUT2D eigenvalue weighted by molar-refractivity contribution is 7.10. The zero-order valence-corrected chi connectivity index (χ0v) is 12.5. The van der Waals surface area contributed by atoms with E-state index in [2.05, 4.69) is 20.4 Å². The van der Waals surface area contributed by atoms with Crippen LogP contribution >= 0.6 is 23.1 Å². The van der Waals surface area contributed by atoms with Crippen molar-refractivity contribution in [2.24, 2.45) is 0 Å². The van der Waals surface area contributed by atoms with Crippen LogP contribution in [0.5, 0.6) is 0 Å². The first-order valence-electron chi connectivity index (χ1n) is 6.43. The summed E-state index contributed by atoms with van der Waals surface area (Å²) < 4.78 is 9.35. The average Bonchev–Trinajstić information content (AvgIpc) is 3.15. The van der Waals surface area contributed by atoms with Gasteiger partial charge in [0.15, 0.2) is 0 Å². The normalized spacial score (nSPS) is 21.4. The predicted molar refractivity (Wildman–Crippen MR) is 78.6 cm³/mol. The van der Waals surface area contributed by atoms with Crippen molar-refractivity contribution < 1.29 is 9.53 Å². The molecule has 1 fully saturated rings. The molecule has 1 saturated heterocycles. The van der Waals surface area contributed by atoms with Crippen molar-refractivity contribution in [3.8, 4) is 0 Å². The molecule has 110 valence electrons. The van der Waals surface area contributed by atoms with E-state index < -0.39 is 0 Å². The fourth-order valence-corrected chi connectivity index (χ4v) is 2.74. The second-order valence-corrected chi connectivity index (χ2v) is 6.00. The minimum absolute atomic E-state index is 0.0440. The van der Waals surface area contributed by atoms with Crippen molar-refractivity contribution in [2.75, 3.05) is 0 Å². The van der Waals surface area contributed by atoms with Gasteiger partial charge in [0.1, 0.15) is 22.7 Å². The minimum Gasteiger partial charge on any atom is -0.458 e. The van der Waals surface area contributed by atoms with Crippen LogP contribution in [0.15, 0.2) is 30.3 Å². The molecule has 0 radical (unpaired) electrons. The summed E-state index contributed by atoms with van der Waals surface area (Å²) in [6.45, 7) is 0.0440. The number of esters is 1. The number of hydrazine groups is 1. The lowest BCUT2D eigenvalue weighted by Gasteiger charge is -2.09. The molecule has 0 bridgehead atoms. The second-order valence-electron chi connectivity index (χ2n) is 4.64. The monoisotopic (exact) mass is 324 g/mol. The number of aromatic nitrogens is 2. The molecule has 0 spiro atoms. The molecule has 2 N–H and O–H groups in total. The van der Waals surface area contributed by atoms with Crippen molar-refractivity contribution in [1.82, 2.24) is 20.4 Å². The van der Waals surface area contributed by atoms with Crippen molar-refractivity contribution in [2.45, 2.75) is 25.1 Å². The first kappa shape index (κ1) is 14.4. The zero-order valence-electron chi connectivity index (χ0n) is 11.0. The van der Waals surface area contributed by atoms with Gasteiger partial charge in [-0.25, -0.2) is 10.9 Å². The maximum absolute atomic E-state index is 12.0. The summed E-state index contributed by atoms with van der Waals surface area (Å²) in [5.41, 5.74) is 7.68. The van der Waals surface area contributed by atoms with Gasteiger partial charge in [0.2, 0.25) is 0 Å². The van der Waals surface area contributed by atoms with Gasteiger partial charge in [0.25, 0.3) is 0 Å². The minimum atomic E-state index is -0.388. The molecule has 6 nitrogen and oxygen atoms in total. The molecule has 3 rings (SSSR count).